The van der Waals surface area contributed by atoms with Crippen molar-refractivity contribution in [3.63, 3.8) is 0 Å². The van der Waals surface area contributed by atoms with Crippen LogP contribution in [0.4, 0.5) is 25.0 Å². The molecule has 0 aliphatic carbocycles. The highest BCUT2D eigenvalue weighted by Crippen LogP contribution is 2.33. The van der Waals surface area contributed by atoms with E-state index in [9.17, 15) is 23.2 Å². The van der Waals surface area contributed by atoms with E-state index in [1.165, 1.54) is 18.1 Å². The quantitative estimate of drug-likeness (QED) is 0.258. The molecule has 4 rings (SSSR count). The Bertz CT molecular complexity index is 1550. The van der Waals surface area contributed by atoms with Crippen LogP contribution in [0.15, 0.2) is 54.7 Å². The number of hydrogen-bond acceptors (Lipinski definition) is 5. The maximum absolute atomic E-state index is 14.5. The Labute approximate surface area is 247 Å². The Morgan fingerprint density at radius 3 is 2.64 bits per heavy atom. The number of benzene rings is 2. The first-order valence-electron chi connectivity index (χ1n) is 13.5. The van der Waals surface area contributed by atoms with Gasteiger partial charge in [0.15, 0.2) is 5.82 Å². The highest BCUT2D eigenvalue weighted by molar-refractivity contribution is 6.31. The van der Waals surface area contributed by atoms with Crippen molar-refractivity contribution >= 4 is 46.5 Å². The molecule has 1 aromatic heterocycles. The van der Waals surface area contributed by atoms with Crippen molar-refractivity contribution in [3.05, 3.63) is 82.7 Å². The molecule has 1 unspecified atom stereocenters. The molecule has 0 saturated carbocycles. The molecule has 0 spiro atoms. The van der Waals surface area contributed by atoms with Crippen LogP contribution < -0.4 is 10.6 Å². The molecule has 3 amide bonds. The van der Waals surface area contributed by atoms with Gasteiger partial charge in [0, 0.05) is 36.0 Å². The van der Waals surface area contributed by atoms with E-state index in [1.807, 2.05) is 13.8 Å². The number of halogens is 3. The number of nitrogens with one attached hydrogen (secondary N) is 2. The third-order valence-corrected chi connectivity index (χ3v) is 7.28. The summed E-state index contributed by atoms with van der Waals surface area (Å²) in [4.78, 5) is 43.5. The molecule has 0 fully saturated rings. The van der Waals surface area contributed by atoms with E-state index in [-0.39, 0.29) is 47.5 Å². The number of rotatable bonds is 9. The molecule has 1 aliphatic rings. The predicted molar refractivity (Wildman–Crippen MR) is 158 cm³/mol. The second-order valence-electron chi connectivity index (χ2n) is 9.99. The maximum Gasteiger partial charge on any atom is 0.411 e. The van der Waals surface area contributed by atoms with Gasteiger partial charge in [-0.25, -0.2) is 13.6 Å². The highest BCUT2D eigenvalue weighted by atomic mass is 35.5. The number of methoxy groups -OCH3 is 1. The van der Waals surface area contributed by atoms with Crippen molar-refractivity contribution in [2.45, 2.75) is 39.7 Å². The molecule has 2 N–H and O–H groups in total. The lowest BCUT2D eigenvalue weighted by molar-refractivity contribution is -0.127. The van der Waals surface area contributed by atoms with Crippen molar-refractivity contribution < 1.29 is 27.9 Å². The van der Waals surface area contributed by atoms with Crippen molar-refractivity contribution in [1.82, 2.24) is 9.88 Å². The van der Waals surface area contributed by atoms with Gasteiger partial charge in [0.2, 0.25) is 11.8 Å². The summed E-state index contributed by atoms with van der Waals surface area (Å²) in [7, 11) is 1.26. The van der Waals surface area contributed by atoms with E-state index in [0.717, 1.165) is 30.5 Å². The summed E-state index contributed by atoms with van der Waals surface area (Å²) in [5.74, 6) is -2.45. The van der Waals surface area contributed by atoms with Gasteiger partial charge < -0.3 is 15.0 Å². The topological polar surface area (TPSA) is 101 Å². The second-order valence-corrected chi connectivity index (χ2v) is 10.4. The predicted octanol–water partition coefficient (Wildman–Crippen LogP) is 7.05. The zero-order valence-electron chi connectivity index (χ0n) is 23.5. The van der Waals surface area contributed by atoms with Gasteiger partial charge in [0.25, 0.3) is 0 Å². The lowest BCUT2D eigenvalue weighted by atomic mass is 9.97. The smallest absolute Gasteiger partial charge is 0.411 e. The summed E-state index contributed by atoms with van der Waals surface area (Å²) >= 11 is 5.83. The van der Waals surface area contributed by atoms with Crippen LogP contribution in [0.2, 0.25) is 5.02 Å². The van der Waals surface area contributed by atoms with Gasteiger partial charge in [-0.2, -0.15) is 0 Å². The molecular weight excluding hydrogens is 566 g/mol. The van der Waals surface area contributed by atoms with Crippen LogP contribution in [-0.4, -0.2) is 41.4 Å². The van der Waals surface area contributed by atoms with E-state index < -0.39 is 23.6 Å². The molecular formula is C31H31ClF2N4O4. The third-order valence-electron chi connectivity index (χ3n) is 6.98. The summed E-state index contributed by atoms with van der Waals surface area (Å²) in [6.45, 7) is 4.25. The fraction of sp³-hybridized carbons (Fsp3) is 0.290. The lowest BCUT2D eigenvalue weighted by Crippen LogP contribution is -2.33. The lowest BCUT2D eigenvalue weighted by Gasteiger charge is -2.27. The molecule has 220 valence electrons. The maximum atomic E-state index is 14.5. The molecule has 1 aliphatic heterocycles. The first kappa shape index (κ1) is 30.6. The molecule has 1 atom stereocenters. The normalized spacial score (nSPS) is 13.8. The Hall–Kier alpha value is -4.31. The number of hydrogen-bond donors (Lipinski definition) is 2. The molecule has 3 aromatic rings. The van der Waals surface area contributed by atoms with Crippen molar-refractivity contribution in [2.75, 3.05) is 24.3 Å². The fourth-order valence-electron chi connectivity index (χ4n) is 4.75. The van der Waals surface area contributed by atoms with Crippen LogP contribution in [-0.2, 0) is 20.9 Å². The molecule has 2 heterocycles. The number of pyridine rings is 1. The summed E-state index contributed by atoms with van der Waals surface area (Å²) in [6, 6.07) is 10.9. The van der Waals surface area contributed by atoms with Crippen LogP contribution in [0.1, 0.15) is 44.4 Å². The van der Waals surface area contributed by atoms with Crippen molar-refractivity contribution in [1.29, 1.82) is 0 Å². The largest absolute Gasteiger partial charge is 0.453 e. The van der Waals surface area contributed by atoms with E-state index in [2.05, 4.69) is 20.4 Å². The van der Waals surface area contributed by atoms with Crippen LogP contribution in [0.5, 0.6) is 0 Å². The minimum Gasteiger partial charge on any atom is -0.453 e. The number of nitrogens with zero attached hydrogens (tertiary/aromatic N) is 2. The molecule has 8 nitrogen and oxygen atoms in total. The molecule has 42 heavy (non-hydrogen) atoms. The minimum absolute atomic E-state index is 0.156. The van der Waals surface area contributed by atoms with E-state index >= 15 is 0 Å². The van der Waals surface area contributed by atoms with Gasteiger partial charge in [0.05, 0.1) is 35.6 Å². The van der Waals surface area contributed by atoms with Gasteiger partial charge in [0.1, 0.15) is 5.82 Å². The number of carbonyl (C=O) groups excluding carboxylic acids is 3. The average molecular weight is 597 g/mol. The van der Waals surface area contributed by atoms with Gasteiger partial charge in [-0.15, -0.1) is 0 Å². The molecule has 0 saturated heterocycles. The molecule has 2 aromatic carbocycles. The first-order chi connectivity index (χ1) is 20.1. The average Bonchev–Trinajstić information content (AvgIpc) is 2.97. The third kappa shape index (κ3) is 7.12. The summed E-state index contributed by atoms with van der Waals surface area (Å²) in [5, 5.41) is 5.36. The Morgan fingerprint density at radius 1 is 1.14 bits per heavy atom. The van der Waals surface area contributed by atoms with E-state index in [0.29, 0.717) is 22.6 Å². The van der Waals surface area contributed by atoms with Gasteiger partial charge >= 0.3 is 6.09 Å². The molecule has 0 radical (unpaired) electrons. The highest BCUT2D eigenvalue weighted by Gasteiger charge is 2.25. The Balaban J connectivity index is 1.59. The van der Waals surface area contributed by atoms with E-state index in [1.54, 1.807) is 36.5 Å². The first-order valence-corrected chi connectivity index (χ1v) is 13.9. The van der Waals surface area contributed by atoms with Crippen LogP contribution in [0.3, 0.4) is 0 Å². The van der Waals surface area contributed by atoms with Gasteiger partial charge in [-0.3, -0.25) is 19.9 Å². The van der Waals surface area contributed by atoms with Crippen molar-refractivity contribution in [2.24, 2.45) is 5.92 Å². The van der Waals surface area contributed by atoms with Crippen LogP contribution in [0.25, 0.3) is 16.7 Å². The summed E-state index contributed by atoms with van der Waals surface area (Å²) in [6.07, 6.45) is 3.99. The van der Waals surface area contributed by atoms with E-state index in [4.69, 9.17) is 11.6 Å². The van der Waals surface area contributed by atoms with Crippen LogP contribution >= 0.6 is 11.6 Å². The summed E-state index contributed by atoms with van der Waals surface area (Å²) < 4.78 is 33.6. The SMILES string of the molecule is CCCC(C)C(=O)Nc1cc(NC(=O)OC)ccc1-c1ccnc(CN2CCC(c3c(F)ccc(Cl)c3F)=CC2=O)c1. The number of amides is 3. The number of aromatic nitrogens is 1. The van der Waals surface area contributed by atoms with Crippen LogP contribution in [0, 0.1) is 17.6 Å². The zero-order chi connectivity index (χ0) is 30.4. The summed E-state index contributed by atoms with van der Waals surface area (Å²) in [5.41, 5.74) is 2.87. The Morgan fingerprint density at radius 2 is 1.93 bits per heavy atom. The number of ether oxygens (including phenoxy) is 1. The van der Waals surface area contributed by atoms with Crippen molar-refractivity contribution in [3.8, 4) is 11.1 Å². The number of anilines is 2. The number of carbonyl (C=O) groups is 3. The fourth-order valence-corrected chi connectivity index (χ4v) is 4.90. The zero-order valence-corrected chi connectivity index (χ0v) is 24.2. The monoisotopic (exact) mass is 596 g/mol. The van der Waals surface area contributed by atoms with Gasteiger partial charge in [-0.1, -0.05) is 37.9 Å². The Kier molecular flexibility index (Phi) is 9.90. The molecule has 11 heteroatoms. The molecule has 0 bridgehead atoms. The second kappa shape index (κ2) is 13.6. The minimum atomic E-state index is -0.890. The van der Waals surface area contributed by atoms with Gasteiger partial charge in [-0.05, 0) is 60.4 Å². The standard InChI is InChI=1S/C31H31ClF2N4O4/c1-4-5-18(2)30(40)37-26-16-21(36-31(41)42-3)6-7-23(26)19-10-12-35-22(14-19)17-38-13-11-20(15-27(38)39)28-25(33)9-8-24(32)29(28)34/h6-10,12,14-16,18H,4-5,11,13,17H2,1-3H3,(H,36,41)(H,37,40).